The van der Waals surface area contributed by atoms with Gasteiger partial charge in [0.2, 0.25) is 17.7 Å². The molecule has 1 saturated heterocycles. The smallest absolute Gasteiger partial charge is 0.224 e. The number of amides is 2. The lowest BCUT2D eigenvalue weighted by atomic mass is 10.1. The fourth-order valence-corrected chi connectivity index (χ4v) is 3.37. The zero-order valence-electron chi connectivity index (χ0n) is 17.6. The molecule has 1 aliphatic rings. The van der Waals surface area contributed by atoms with Crippen molar-refractivity contribution in [3.8, 4) is 11.6 Å². The maximum Gasteiger partial charge on any atom is 0.224 e. The molecule has 30 heavy (non-hydrogen) atoms. The topological polar surface area (TPSA) is 80.8 Å². The van der Waals surface area contributed by atoms with Crippen molar-refractivity contribution >= 4 is 17.5 Å². The zero-order valence-corrected chi connectivity index (χ0v) is 17.6. The van der Waals surface area contributed by atoms with Crippen molar-refractivity contribution in [3.05, 3.63) is 48.2 Å². The Morgan fingerprint density at radius 1 is 1.13 bits per heavy atom. The summed E-state index contributed by atoms with van der Waals surface area (Å²) in [6.45, 7) is 3.18. The number of aryl methyl sites for hydroxylation is 1. The number of carbonyl (C=O) groups excluding carboxylic acids is 2. The molecule has 160 valence electrons. The van der Waals surface area contributed by atoms with Crippen LogP contribution in [0.3, 0.4) is 0 Å². The summed E-state index contributed by atoms with van der Waals surface area (Å²) in [7, 11) is 1.64. The summed E-state index contributed by atoms with van der Waals surface area (Å²) in [5, 5.41) is 2.76. The van der Waals surface area contributed by atoms with Gasteiger partial charge in [0.15, 0.2) is 0 Å². The normalized spacial score (nSPS) is 14.3. The van der Waals surface area contributed by atoms with Gasteiger partial charge in [-0.3, -0.25) is 9.59 Å². The van der Waals surface area contributed by atoms with Gasteiger partial charge in [0.05, 0.1) is 19.0 Å². The van der Waals surface area contributed by atoms with Crippen LogP contribution in [0.1, 0.15) is 38.2 Å². The first kappa shape index (κ1) is 21.6. The third kappa shape index (κ3) is 6.20. The quantitative estimate of drug-likeness (QED) is 0.720. The molecule has 0 bridgehead atoms. The second-order valence-electron chi connectivity index (χ2n) is 7.33. The number of anilines is 1. The van der Waals surface area contributed by atoms with E-state index in [0.717, 1.165) is 30.6 Å². The highest BCUT2D eigenvalue weighted by Crippen LogP contribution is 2.20. The van der Waals surface area contributed by atoms with Crippen molar-refractivity contribution in [1.82, 2.24) is 9.88 Å². The van der Waals surface area contributed by atoms with Gasteiger partial charge in [-0.15, -0.1) is 0 Å². The van der Waals surface area contributed by atoms with Gasteiger partial charge >= 0.3 is 0 Å². The van der Waals surface area contributed by atoms with Crippen LogP contribution in [0.4, 0.5) is 5.69 Å². The van der Waals surface area contributed by atoms with Gasteiger partial charge in [0, 0.05) is 44.8 Å². The summed E-state index contributed by atoms with van der Waals surface area (Å²) in [5.74, 6) is 1.49. The van der Waals surface area contributed by atoms with Crippen molar-refractivity contribution in [1.29, 1.82) is 0 Å². The number of aromatic nitrogens is 1. The number of nitrogens with zero attached hydrogens (tertiary/aromatic N) is 2. The van der Waals surface area contributed by atoms with Crippen LogP contribution in [0.15, 0.2) is 42.6 Å². The van der Waals surface area contributed by atoms with E-state index in [4.69, 9.17) is 9.47 Å². The van der Waals surface area contributed by atoms with Crippen molar-refractivity contribution in [2.45, 2.75) is 45.1 Å². The fraction of sp³-hybridized carbons (Fsp3) is 0.435. The Bertz CT molecular complexity index is 829. The molecule has 1 N–H and O–H groups in total. The molecule has 1 aromatic carbocycles. The molecule has 0 saturated carbocycles. The Labute approximate surface area is 177 Å². The number of hydrogen-bond acceptors (Lipinski definition) is 5. The summed E-state index contributed by atoms with van der Waals surface area (Å²) in [4.78, 5) is 30.1. The lowest BCUT2D eigenvalue weighted by Gasteiger charge is -2.32. The highest BCUT2D eigenvalue weighted by molar-refractivity contribution is 5.90. The average Bonchev–Trinajstić information content (AvgIpc) is 2.79. The Hall–Kier alpha value is -3.09. The van der Waals surface area contributed by atoms with Gasteiger partial charge in [-0.25, -0.2) is 4.98 Å². The standard InChI is InChI=1S/C23H29N3O4/c1-3-21(27)25-18-7-10-22(24-16-18)30-20-12-14-26(15-13-20)23(28)11-6-17-4-8-19(29-2)9-5-17/h4-5,7-10,16,20H,3,6,11-15H2,1-2H3,(H,25,27). The van der Waals surface area contributed by atoms with Gasteiger partial charge < -0.3 is 19.7 Å². The molecule has 2 amide bonds. The maximum absolute atomic E-state index is 12.5. The molecule has 0 unspecified atom stereocenters. The first-order valence-electron chi connectivity index (χ1n) is 10.4. The molecule has 3 rings (SSSR count). The number of hydrogen-bond donors (Lipinski definition) is 1. The fourth-order valence-electron chi connectivity index (χ4n) is 3.37. The number of likely N-dealkylation sites (tertiary alicyclic amines) is 1. The summed E-state index contributed by atoms with van der Waals surface area (Å²) in [6, 6.07) is 11.4. The molecule has 2 aromatic rings. The number of carbonyl (C=O) groups is 2. The summed E-state index contributed by atoms with van der Waals surface area (Å²) in [6.07, 6.45) is 4.86. The van der Waals surface area contributed by atoms with Gasteiger partial charge in [0.1, 0.15) is 11.9 Å². The minimum absolute atomic E-state index is 0.0409. The average molecular weight is 412 g/mol. The number of nitrogens with one attached hydrogen (secondary N) is 1. The van der Waals surface area contributed by atoms with Crippen LogP contribution < -0.4 is 14.8 Å². The van der Waals surface area contributed by atoms with Gasteiger partial charge in [-0.2, -0.15) is 0 Å². The van der Waals surface area contributed by atoms with Gasteiger partial charge in [0.25, 0.3) is 0 Å². The van der Waals surface area contributed by atoms with E-state index in [9.17, 15) is 9.59 Å². The van der Waals surface area contributed by atoms with Crippen LogP contribution in [-0.2, 0) is 16.0 Å². The minimum Gasteiger partial charge on any atom is -0.497 e. The van der Waals surface area contributed by atoms with Crippen LogP contribution >= 0.6 is 0 Å². The molecule has 0 atom stereocenters. The van der Waals surface area contributed by atoms with Crippen LogP contribution in [0.2, 0.25) is 0 Å². The molecule has 2 heterocycles. The highest BCUT2D eigenvalue weighted by atomic mass is 16.5. The Morgan fingerprint density at radius 3 is 2.47 bits per heavy atom. The predicted octanol–water partition coefficient (Wildman–Crippen LogP) is 3.44. The Balaban J connectivity index is 1.40. The summed E-state index contributed by atoms with van der Waals surface area (Å²) >= 11 is 0. The first-order chi connectivity index (χ1) is 14.6. The monoisotopic (exact) mass is 411 g/mol. The molecule has 1 fully saturated rings. The van der Waals surface area contributed by atoms with Crippen molar-refractivity contribution in [3.63, 3.8) is 0 Å². The van der Waals surface area contributed by atoms with E-state index in [2.05, 4.69) is 10.3 Å². The summed E-state index contributed by atoms with van der Waals surface area (Å²) < 4.78 is 11.1. The molecule has 7 heteroatoms. The SMILES string of the molecule is CCC(=O)Nc1ccc(OC2CCN(C(=O)CCc3ccc(OC)cc3)CC2)nc1. The van der Waals surface area contributed by atoms with E-state index in [1.54, 1.807) is 32.4 Å². The highest BCUT2D eigenvalue weighted by Gasteiger charge is 2.24. The molecular weight excluding hydrogens is 382 g/mol. The maximum atomic E-state index is 12.5. The largest absolute Gasteiger partial charge is 0.497 e. The number of methoxy groups -OCH3 is 1. The molecule has 0 radical (unpaired) electrons. The number of ether oxygens (including phenoxy) is 2. The van der Waals surface area contributed by atoms with E-state index in [1.807, 2.05) is 29.2 Å². The van der Waals surface area contributed by atoms with E-state index in [0.29, 0.717) is 37.5 Å². The van der Waals surface area contributed by atoms with E-state index in [-0.39, 0.29) is 17.9 Å². The lowest BCUT2D eigenvalue weighted by molar-refractivity contribution is -0.133. The molecular formula is C23H29N3O4. The van der Waals surface area contributed by atoms with Crippen LogP contribution in [0, 0.1) is 0 Å². The Kier molecular flexibility index (Phi) is 7.65. The van der Waals surface area contributed by atoms with Crippen molar-refractivity contribution < 1.29 is 19.1 Å². The van der Waals surface area contributed by atoms with Crippen LogP contribution in [0.25, 0.3) is 0 Å². The zero-order chi connectivity index (χ0) is 21.3. The molecule has 0 aliphatic carbocycles. The summed E-state index contributed by atoms with van der Waals surface area (Å²) in [5.41, 5.74) is 1.79. The molecule has 1 aromatic heterocycles. The predicted molar refractivity (Wildman–Crippen MR) is 115 cm³/mol. The van der Waals surface area contributed by atoms with Crippen molar-refractivity contribution in [2.24, 2.45) is 0 Å². The third-order valence-electron chi connectivity index (χ3n) is 5.21. The van der Waals surface area contributed by atoms with Gasteiger partial charge in [-0.1, -0.05) is 19.1 Å². The number of piperidine rings is 1. The van der Waals surface area contributed by atoms with Crippen molar-refractivity contribution in [2.75, 3.05) is 25.5 Å². The number of benzene rings is 1. The second kappa shape index (κ2) is 10.6. The third-order valence-corrected chi connectivity index (χ3v) is 5.21. The van der Waals surface area contributed by atoms with E-state index >= 15 is 0 Å². The minimum atomic E-state index is -0.0468. The van der Waals surface area contributed by atoms with E-state index in [1.165, 1.54) is 0 Å². The van der Waals surface area contributed by atoms with E-state index < -0.39 is 0 Å². The second-order valence-corrected chi connectivity index (χ2v) is 7.33. The van der Waals surface area contributed by atoms with Crippen LogP contribution in [0.5, 0.6) is 11.6 Å². The Morgan fingerprint density at radius 2 is 1.87 bits per heavy atom. The lowest BCUT2D eigenvalue weighted by Crippen LogP contribution is -2.41. The van der Waals surface area contributed by atoms with Gasteiger partial charge in [-0.05, 0) is 30.2 Å². The molecule has 7 nitrogen and oxygen atoms in total. The first-order valence-corrected chi connectivity index (χ1v) is 10.4. The number of rotatable bonds is 8. The number of pyridine rings is 1. The van der Waals surface area contributed by atoms with Crippen LogP contribution in [-0.4, -0.2) is 48.0 Å². The molecule has 0 spiro atoms. The molecule has 1 aliphatic heterocycles.